The number of carbonyl (C=O) groups excluding carboxylic acids is 1. The zero-order valence-corrected chi connectivity index (χ0v) is 8.59. The number of aryl methyl sites for hydroxylation is 1. The number of hydrogen-bond donors (Lipinski definition) is 1. The van der Waals surface area contributed by atoms with Crippen molar-refractivity contribution in [1.29, 1.82) is 5.41 Å². The van der Waals surface area contributed by atoms with Crippen LogP contribution >= 0.6 is 11.8 Å². The summed E-state index contributed by atoms with van der Waals surface area (Å²) < 4.78 is 4.53. The van der Waals surface area contributed by atoms with Crippen LogP contribution in [-0.4, -0.2) is 28.6 Å². The van der Waals surface area contributed by atoms with E-state index in [0.29, 0.717) is 10.9 Å². The molecular formula is C8H9N3O2S. The highest BCUT2D eigenvalue weighted by Crippen LogP contribution is 2.11. The summed E-state index contributed by atoms with van der Waals surface area (Å²) in [7, 11) is 1.29. The maximum Gasteiger partial charge on any atom is 0.356 e. The third-order valence-corrected chi connectivity index (χ3v) is 1.90. The van der Waals surface area contributed by atoms with Crippen LogP contribution < -0.4 is 0 Å². The van der Waals surface area contributed by atoms with Crippen LogP contribution in [0.25, 0.3) is 0 Å². The molecule has 0 saturated carbocycles. The smallest absolute Gasteiger partial charge is 0.356 e. The zero-order valence-electron chi connectivity index (χ0n) is 7.77. The quantitative estimate of drug-likeness (QED) is 0.268. The molecule has 1 N–H and O–H groups in total. The molecule has 1 aromatic rings. The highest BCUT2D eigenvalue weighted by Gasteiger charge is 2.09. The first-order chi connectivity index (χ1) is 6.67. The first-order valence-corrected chi connectivity index (χ1v) is 4.65. The van der Waals surface area contributed by atoms with Gasteiger partial charge in [0.25, 0.3) is 0 Å². The Bertz CT molecular complexity index is 368. The minimum atomic E-state index is -0.498. The average Bonchev–Trinajstić information content (AvgIpc) is 2.16. The standard InChI is InChI=1S/C8H9N3O2S/c1-5-3-6(7(12)13-2)11-8(10-5)14-4-9/h3-4,9H,1-2H3. The highest BCUT2D eigenvalue weighted by atomic mass is 32.2. The maximum absolute atomic E-state index is 11.1. The number of aromatic nitrogens is 2. The van der Waals surface area contributed by atoms with Gasteiger partial charge in [0, 0.05) is 5.69 Å². The number of methoxy groups -OCH3 is 1. The lowest BCUT2D eigenvalue weighted by atomic mass is 10.3. The van der Waals surface area contributed by atoms with Crippen LogP contribution in [0.2, 0.25) is 0 Å². The Morgan fingerprint density at radius 2 is 2.36 bits per heavy atom. The lowest BCUT2D eigenvalue weighted by Crippen LogP contribution is -2.06. The van der Waals surface area contributed by atoms with Crippen molar-refractivity contribution < 1.29 is 9.53 Å². The second-order valence-corrected chi connectivity index (χ2v) is 3.24. The van der Waals surface area contributed by atoms with Gasteiger partial charge >= 0.3 is 5.97 Å². The molecule has 0 fully saturated rings. The molecule has 74 valence electrons. The molecule has 0 aliphatic rings. The Morgan fingerprint density at radius 3 is 2.93 bits per heavy atom. The largest absolute Gasteiger partial charge is 0.464 e. The third-order valence-electron chi connectivity index (χ3n) is 1.39. The van der Waals surface area contributed by atoms with E-state index >= 15 is 0 Å². The second-order valence-electron chi connectivity index (χ2n) is 2.40. The van der Waals surface area contributed by atoms with Crippen molar-refractivity contribution in [2.24, 2.45) is 0 Å². The van der Waals surface area contributed by atoms with E-state index < -0.39 is 5.97 Å². The fraction of sp³-hybridized carbons (Fsp3) is 0.250. The van der Waals surface area contributed by atoms with Gasteiger partial charge in [-0.2, -0.15) is 0 Å². The summed E-state index contributed by atoms with van der Waals surface area (Å²) in [6.07, 6.45) is 0. The number of nitrogens with one attached hydrogen (secondary N) is 1. The van der Waals surface area contributed by atoms with Crippen LogP contribution in [0.15, 0.2) is 11.2 Å². The summed E-state index contributed by atoms with van der Waals surface area (Å²) in [5.74, 6) is -0.498. The molecular weight excluding hydrogens is 202 g/mol. The number of rotatable bonds is 3. The lowest BCUT2D eigenvalue weighted by Gasteiger charge is -2.01. The van der Waals surface area contributed by atoms with E-state index in [0.717, 1.165) is 17.3 Å². The van der Waals surface area contributed by atoms with Gasteiger partial charge in [-0.15, -0.1) is 0 Å². The van der Waals surface area contributed by atoms with E-state index in [1.807, 2.05) is 0 Å². The molecule has 5 nitrogen and oxygen atoms in total. The number of ether oxygens (including phenoxy) is 1. The molecule has 0 spiro atoms. The molecule has 0 atom stereocenters. The highest BCUT2D eigenvalue weighted by molar-refractivity contribution is 8.11. The number of nitrogens with zero attached hydrogens (tertiary/aromatic N) is 2. The van der Waals surface area contributed by atoms with Crippen molar-refractivity contribution in [3.8, 4) is 0 Å². The summed E-state index contributed by atoms with van der Waals surface area (Å²) in [5, 5.41) is 7.25. The molecule has 0 saturated heterocycles. The first kappa shape index (κ1) is 10.6. The molecule has 1 rings (SSSR count). The monoisotopic (exact) mass is 211 g/mol. The zero-order chi connectivity index (χ0) is 10.6. The van der Waals surface area contributed by atoms with Gasteiger partial charge in [0.05, 0.1) is 12.7 Å². The van der Waals surface area contributed by atoms with E-state index in [1.54, 1.807) is 13.0 Å². The molecule has 1 aromatic heterocycles. The normalized spacial score (nSPS) is 9.57. The maximum atomic E-state index is 11.1. The summed E-state index contributed by atoms with van der Waals surface area (Å²) in [4.78, 5) is 19.1. The molecule has 1 heterocycles. The van der Waals surface area contributed by atoms with Gasteiger partial charge in [-0.3, -0.25) is 0 Å². The van der Waals surface area contributed by atoms with E-state index in [2.05, 4.69) is 14.7 Å². The van der Waals surface area contributed by atoms with Crippen molar-refractivity contribution in [3.05, 3.63) is 17.5 Å². The molecule has 0 aromatic carbocycles. The summed E-state index contributed by atoms with van der Waals surface area (Å²) in [6.45, 7) is 1.75. The molecule has 0 radical (unpaired) electrons. The van der Waals surface area contributed by atoms with Crippen LogP contribution in [-0.2, 0) is 4.74 Å². The number of esters is 1. The van der Waals surface area contributed by atoms with Crippen LogP contribution in [0.5, 0.6) is 0 Å². The lowest BCUT2D eigenvalue weighted by molar-refractivity contribution is 0.0592. The van der Waals surface area contributed by atoms with Gasteiger partial charge in [-0.05, 0) is 24.8 Å². The Labute approximate surface area is 85.4 Å². The van der Waals surface area contributed by atoms with Gasteiger partial charge in [0.15, 0.2) is 10.9 Å². The molecule has 0 unspecified atom stereocenters. The molecule has 0 bridgehead atoms. The fourth-order valence-corrected chi connectivity index (χ4v) is 1.31. The average molecular weight is 211 g/mol. The molecule has 0 aliphatic heterocycles. The van der Waals surface area contributed by atoms with E-state index in [1.165, 1.54) is 7.11 Å². The predicted octanol–water partition coefficient (Wildman–Crippen LogP) is 1.27. The number of carbonyl (C=O) groups is 1. The minimum Gasteiger partial charge on any atom is -0.464 e. The Balaban J connectivity index is 3.06. The van der Waals surface area contributed by atoms with Crippen LogP contribution in [0.3, 0.4) is 0 Å². The van der Waals surface area contributed by atoms with Crippen molar-refractivity contribution in [3.63, 3.8) is 0 Å². The summed E-state index contributed by atoms with van der Waals surface area (Å²) in [6, 6.07) is 1.54. The van der Waals surface area contributed by atoms with Crippen molar-refractivity contribution in [1.82, 2.24) is 9.97 Å². The van der Waals surface area contributed by atoms with Crippen LogP contribution in [0.4, 0.5) is 0 Å². The molecule has 6 heteroatoms. The van der Waals surface area contributed by atoms with Crippen molar-refractivity contribution >= 4 is 23.3 Å². The van der Waals surface area contributed by atoms with Crippen LogP contribution in [0, 0.1) is 12.3 Å². The molecule has 0 amide bonds. The Morgan fingerprint density at radius 1 is 1.64 bits per heavy atom. The van der Waals surface area contributed by atoms with Gasteiger partial charge in [0.2, 0.25) is 0 Å². The molecule has 14 heavy (non-hydrogen) atoms. The van der Waals surface area contributed by atoms with Gasteiger partial charge in [-0.1, -0.05) is 0 Å². The van der Waals surface area contributed by atoms with Gasteiger partial charge < -0.3 is 10.1 Å². The van der Waals surface area contributed by atoms with Crippen molar-refractivity contribution in [2.45, 2.75) is 12.1 Å². The van der Waals surface area contributed by atoms with Gasteiger partial charge in [0.1, 0.15) is 0 Å². The number of thioether (sulfide) groups is 1. The second kappa shape index (κ2) is 4.71. The summed E-state index contributed by atoms with van der Waals surface area (Å²) in [5.41, 5.74) is 1.99. The SMILES string of the molecule is COC(=O)c1cc(C)nc(SC=N)n1. The minimum absolute atomic E-state index is 0.212. The van der Waals surface area contributed by atoms with E-state index in [-0.39, 0.29) is 5.69 Å². The van der Waals surface area contributed by atoms with Crippen LogP contribution in [0.1, 0.15) is 16.2 Å². The fourth-order valence-electron chi connectivity index (χ4n) is 0.856. The molecule has 0 aliphatic carbocycles. The van der Waals surface area contributed by atoms with Crippen molar-refractivity contribution in [2.75, 3.05) is 7.11 Å². The summed E-state index contributed by atoms with van der Waals surface area (Å²) >= 11 is 1.04. The van der Waals surface area contributed by atoms with Gasteiger partial charge in [-0.25, -0.2) is 14.8 Å². The third kappa shape index (κ3) is 2.53. The Hall–Kier alpha value is -1.43. The first-order valence-electron chi connectivity index (χ1n) is 3.77. The topological polar surface area (TPSA) is 75.9 Å². The van der Waals surface area contributed by atoms with E-state index in [4.69, 9.17) is 5.41 Å². The van der Waals surface area contributed by atoms with E-state index in [9.17, 15) is 4.79 Å². The number of hydrogen-bond acceptors (Lipinski definition) is 6. The predicted molar refractivity (Wildman–Crippen MR) is 52.7 cm³/mol. The Kier molecular flexibility index (Phi) is 3.58.